The monoisotopic (exact) mass is 1990 g/mol. The van der Waals surface area contributed by atoms with Crippen LogP contribution < -0.4 is 35.5 Å². The van der Waals surface area contributed by atoms with Gasteiger partial charge in [0.15, 0.2) is 0 Å². The minimum Gasteiger partial charge on any atom is -0.478 e. The highest BCUT2D eigenvalue weighted by atomic mass is 32.2. The summed E-state index contributed by atoms with van der Waals surface area (Å²) in [4.78, 5) is 92.8. The number of piperidine rings is 6. The van der Waals surface area contributed by atoms with Gasteiger partial charge in [0.25, 0.3) is 29.5 Å². The summed E-state index contributed by atoms with van der Waals surface area (Å²) in [5, 5.41) is 50.7. The van der Waals surface area contributed by atoms with E-state index in [2.05, 4.69) is 50.5 Å². The third-order valence-electron chi connectivity index (χ3n) is 24.6. The van der Waals surface area contributed by atoms with Crippen LogP contribution in [-0.2, 0) is 50.9 Å². The fourth-order valence-corrected chi connectivity index (χ4v) is 21.0. The molecule has 31 nitrogen and oxygen atoms in total. The van der Waals surface area contributed by atoms with Crippen molar-refractivity contribution >= 4 is 95.2 Å². The van der Waals surface area contributed by atoms with Crippen molar-refractivity contribution in [2.24, 2.45) is 15.0 Å². The Bertz CT molecular complexity index is 5870. The number of aliphatic hydroxyl groups is 3. The number of amidine groups is 3. The second kappa shape index (κ2) is 45.3. The van der Waals surface area contributed by atoms with Gasteiger partial charge in [-0.05, 0) is 273 Å². The van der Waals surface area contributed by atoms with E-state index in [9.17, 15) is 109 Å². The molecule has 5 amide bonds. The summed E-state index contributed by atoms with van der Waals surface area (Å²) >= 11 is 0. The topological polar surface area (TPSA) is 415 Å². The van der Waals surface area contributed by atoms with Crippen LogP contribution in [0.15, 0.2) is 135 Å². The van der Waals surface area contributed by atoms with Crippen LogP contribution in [0.5, 0.6) is 17.2 Å². The number of amides is 5. The molecule has 137 heavy (non-hydrogen) atoms. The van der Waals surface area contributed by atoms with Crippen LogP contribution in [0.4, 0.5) is 39.5 Å². The van der Waals surface area contributed by atoms with Crippen molar-refractivity contribution in [3.05, 3.63) is 203 Å². The van der Waals surface area contributed by atoms with Gasteiger partial charge in [-0.2, -0.15) is 8.61 Å². The van der Waals surface area contributed by atoms with Crippen LogP contribution in [0.3, 0.4) is 0 Å². The number of likely N-dealkylation sites (tertiary alicyclic amines) is 2. The average Bonchev–Trinajstić information content (AvgIpc) is 1.62. The molecule has 0 unspecified atom stereocenters. The van der Waals surface area contributed by atoms with Gasteiger partial charge in [-0.15, -0.1) is 39.5 Å². The number of carbonyl (C=O) groups is 6. The number of benzene rings is 6. The number of ether oxygens (including phenoxy) is 3. The van der Waals surface area contributed by atoms with Crippen LogP contribution >= 0.6 is 0 Å². The first-order valence-corrected chi connectivity index (χ1v) is 47.6. The number of aliphatic hydroxyl groups excluding tert-OH is 3. The number of aromatic carboxylic acids is 1. The van der Waals surface area contributed by atoms with Gasteiger partial charge < -0.3 is 65.7 Å². The zero-order chi connectivity index (χ0) is 96.7. The van der Waals surface area contributed by atoms with Gasteiger partial charge in [0.2, 0.25) is 30.1 Å². The van der Waals surface area contributed by atoms with E-state index in [1.165, 1.54) is 73.6 Å². The van der Waals surface area contributed by atoms with E-state index in [0.717, 1.165) is 101 Å². The predicted molar refractivity (Wildman–Crippen MR) is 502 cm³/mol. The summed E-state index contributed by atoms with van der Waals surface area (Å²) in [6, 6.07) is 25.3. The Balaban J connectivity index is 0.000000267. The van der Waals surface area contributed by atoms with Crippen LogP contribution in [0.2, 0.25) is 0 Å². The zero-order valence-corrected chi connectivity index (χ0v) is 75.9. The van der Waals surface area contributed by atoms with E-state index in [0.29, 0.717) is 85.2 Å². The van der Waals surface area contributed by atoms with Crippen LogP contribution in [0.25, 0.3) is 12.2 Å². The fraction of sp³-hybridized carbons (Fsp3) is 0.479. The molecule has 0 bridgehead atoms. The van der Waals surface area contributed by atoms with Crippen molar-refractivity contribution in [1.29, 1.82) is 0 Å². The third kappa shape index (κ3) is 28.2. The molecule has 6 aromatic carbocycles. The Morgan fingerprint density at radius 1 is 0.431 bits per heavy atom. The molecule has 752 valence electrons. The normalized spacial score (nSPS) is 19.0. The molecule has 0 saturated carbocycles. The molecule has 9 heterocycles. The molecule has 0 radical (unpaired) electrons. The number of aliphatic imine (C=N–C) groups is 3. The van der Waals surface area contributed by atoms with Gasteiger partial charge in [0.05, 0.1) is 29.6 Å². The molecule has 8 N–H and O–H groups in total. The first-order chi connectivity index (χ1) is 62.4. The van der Waals surface area contributed by atoms with Gasteiger partial charge in [-0.1, -0.05) is 66.1 Å². The highest BCUT2D eigenvalue weighted by molar-refractivity contribution is 7.92. The van der Waals surface area contributed by atoms with Crippen molar-refractivity contribution in [3.8, 4) is 17.2 Å². The number of rotatable bonds is 19. The molecular formula is C94H121F9N12O19S3. The molecule has 9 aliphatic heterocycles. The highest BCUT2D eigenvalue weighted by Crippen LogP contribution is 2.39. The first kappa shape index (κ1) is 111. The molecule has 15 rings (SSSR count). The first-order valence-electron chi connectivity index (χ1n) is 43.0. The standard InChI is InChI=1S/C30H35F3N4O6S.C30H33F3N4O6S.C25H24F3N3O6S.C5H11NO.4CH4.H2/c2*1-19-16-22(27(39)36-11-6-23(38)7-12-36)17-20(2)25(19)8-15-44(41,42)37-13-9-29(10-14-37)28(40)34-26(35-29)21-4-3-5-24(18-21)43-30(31,32)33;1-15-12-18(22(32)33)13-16(2)20(15)6-11-38(35,36)31-9-7-24(8-10-31)23(34)29-21(30-24)17-4-3-5-19(14-17)37-25(26,27)28;7-5-1-3-6-4-2-5;;;;;/h3-5,16-18,23,38H,6-15H2,1-2H3,(H,34,35,40);3-5,8,15-18,23,38H,6-7,9-14H2,1-2H3,(H,34,35,40);3-6,11-14H,7-10H2,1-2H3,(H,32,33)(H,29,30,34);5-7H,1-4H2;4*1H4;1H/b;15-8+;11-6+;;;;;;. The number of alkyl halides is 9. The summed E-state index contributed by atoms with van der Waals surface area (Å²) in [6.45, 7) is 14.8. The number of nitrogens with one attached hydrogen (secondary N) is 4. The maximum atomic E-state index is 13.3. The quantitative estimate of drug-likeness (QED) is 0.0349. The number of carboxylic acids is 1. The molecule has 6 aromatic rings. The lowest BCUT2D eigenvalue weighted by molar-refractivity contribution is -0.275. The maximum absolute atomic E-state index is 13.3. The van der Waals surface area contributed by atoms with E-state index >= 15 is 0 Å². The number of sulfonamides is 3. The lowest BCUT2D eigenvalue weighted by Crippen LogP contribution is -2.50. The number of carboxylic acid groups (broad SMARTS) is 1. The molecule has 43 heteroatoms. The summed E-state index contributed by atoms with van der Waals surface area (Å²) < 4.78 is 208. The maximum Gasteiger partial charge on any atom is 0.573 e. The average molecular weight is 1990 g/mol. The Morgan fingerprint density at radius 3 is 1.00 bits per heavy atom. The molecule has 9 aliphatic rings. The van der Waals surface area contributed by atoms with Crippen molar-refractivity contribution in [1.82, 2.24) is 44.0 Å². The third-order valence-corrected chi connectivity index (χ3v) is 29.6. The number of hydrogen-bond donors (Lipinski definition) is 8. The Hall–Kier alpha value is -11.0. The van der Waals surface area contributed by atoms with E-state index < -0.39 is 113 Å². The minimum atomic E-state index is -4.87. The van der Waals surface area contributed by atoms with E-state index in [-0.39, 0.29) is 185 Å². The van der Waals surface area contributed by atoms with E-state index in [4.69, 9.17) is 5.11 Å². The molecule has 0 atom stereocenters. The van der Waals surface area contributed by atoms with Crippen LogP contribution in [0, 0.1) is 41.5 Å². The molecule has 0 aliphatic carbocycles. The molecule has 3 spiro atoms. The van der Waals surface area contributed by atoms with Gasteiger partial charge in [0, 0.05) is 106 Å². The number of nitrogens with zero attached hydrogens (tertiary/aromatic N) is 8. The SMILES string of the molecule is C.C.C.C.Cc1cc(C(=O)N2CCC(O)CC2)cc(C)c1/C=C/S(=O)(=O)N1CCC2(CC1)N=C(c1cccc(OC(F)(F)F)c1)NC2=O.Cc1cc(C(=O)N2CCC(O)CC2)cc(C)c1CCS(=O)(=O)N1CCC2(CC1)N=C(c1cccc(OC(F)(F)F)c1)NC2=O.Cc1cc(C(=O)O)cc(C)c1/C=C/S(=O)(=O)N1CCC2(CC1)N=C(c1cccc(OC(F)(F)F)c1)NC2=O.OC1CCNCC1.[HH]. The van der Waals surface area contributed by atoms with Gasteiger partial charge in [0.1, 0.15) is 51.4 Å². The van der Waals surface area contributed by atoms with Gasteiger partial charge >= 0.3 is 25.1 Å². The Morgan fingerprint density at radius 2 is 0.715 bits per heavy atom. The largest absolute Gasteiger partial charge is 0.573 e. The van der Waals surface area contributed by atoms with Crippen LogP contribution in [0.1, 0.15) is 206 Å². The summed E-state index contributed by atoms with van der Waals surface area (Å²) in [5.74, 6) is -3.81. The molecule has 6 fully saturated rings. The van der Waals surface area contributed by atoms with E-state index in [1.54, 1.807) is 61.8 Å². The zero-order valence-electron chi connectivity index (χ0n) is 73.4. The summed E-state index contributed by atoms with van der Waals surface area (Å²) in [6.07, 6.45) is -7.59. The van der Waals surface area contributed by atoms with Crippen molar-refractivity contribution in [2.45, 2.75) is 209 Å². The number of carbonyl (C=O) groups excluding carboxylic acids is 5. The van der Waals surface area contributed by atoms with Gasteiger partial charge in [-0.3, -0.25) is 38.9 Å². The second-order valence-corrected chi connectivity index (χ2v) is 39.7. The lowest BCUT2D eigenvalue weighted by atomic mass is 9.89. The summed E-state index contributed by atoms with van der Waals surface area (Å²) in [7, 11) is -11.4. The number of hydrogen-bond acceptors (Lipinski definition) is 22. The minimum absolute atomic E-state index is 0. The van der Waals surface area contributed by atoms with Crippen molar-refractivity contribution in [2.75, 3.05) is 84.3 Å². The highest BCUT2D eigenvalue weighted by Gasteiger charge is 2.51. The molecule has 6 saturated heterocycles. The van der Waals surface area contributed by atoms with Crippen molar-refractivity contribution < 1.29 is 130 Å². The predicted octanol–water partition coefficient (Wildman–Crippen LogP) is 12.7. The molecule has 0 aromatic heterocycles. The van der Waals surface area contributed by atoms with Crippen LogP contribution in [-0.4, -0.2) is 260 Å². The fourth-order valence-electron chi connectivity index (χ4n) is 17.2. The number of halogens is 9. The Labute approximate surface area is 793 Å². The van der Waals surface area contributed by atoms with E-state index in [1.807, 2.05) is 13.8 Å². The lowest BCUT2D eigenvalue weighted by Gasteiger charge is -2.34. The van der Waals surface area contributed by atoms with Crippen molar-refractivity contribution in [3.63, 3.8) is 0 Å². The molecular weight excluding hydrogens is 1870 g/mol. The second-order valence-electron chi connectivity index (χ2n) is 34.0. The summed E-state index contributed by atoms with van der Waals surface area (Å²) in [5.41, 5.74) is 4.69. The number of aryl methyl sites for hydroxylation is 6. The smallest absolute Gasteiger partial charge is 0.478 e. The Kier molecular flexibility index (Phi) is 36.8. The van der Waals surface area contributed by atoms with Gasteiger partial charge in [-0.25, -0.2) is 34.4 Å².